The Kier molecular flexibility index (Phi) is 13.9. The second-order valence-electron chi connectivity index (χ2n) is 9.93. The van der Waals surface area contributed by atoms with E-state index < -0.39 is 61.9 Å². The van der Waals surface area contributed by atoms with Gasteiger partial charge < -0.3 is 54.5 Å². The molecule has 42 heavy (non-hydrogen) atoms. The van der Waals surface area contributed by atoms with Gasteiger partial charge in [0.25, 0.3) is 0 Å². The Hall–Kier alpha value is -2.82. The molecule has 0 aromatic heterocycles. The highest BCUT2D eigenvalue weighted by atomic mass is 16.7. The number of carbonyl (C=O) groups excluding carboxylic acids is 1. The normalized spacial score (nSPS) is 28.1. The van der Waals surface area contributed by atoms with Crippen molar-refractivity contribution in [3.8, 4) is 0 Å². The van der Waals surface area contributed by atoms with E-state index in [2.05, 4.69) is 15.3 Å². The van der Waals surface area contributed by atoms with E-state index in [9.17, 15) is 30.3 Å². The van der Waals surface area contributed by atoms with Crippen LogP contribution >= 0.6 is 0 Å². The van der Waals surface area contributed by atoms with E-state index in [-0.39, 0.29) is 37.5 Å². The summed E-state index contributed by atoms with van der Waals surface area (Å²) in [4.78, 5) is 14.9. The van der Waals surface area contributed by atoms with Crippen LogP contribution in [-0.2, 0) is 28.5 Å². The molecule has 2 saturated heterocycles. The zero-order chi connectivity index (χ0) is 30.5. The molecule has 2 aliphatic heterocycles. The van der Waals surface area contributed by atoms with Crippen LogP contribution in [0.5, 0.6) is 0 Å². The van der Waals surface area contributed by atoms with Crippen LogP contribution in [0.15, 0.2) is 46.9 Å². The lowest BCUT2D eigenvalue weighted by atomic mass is 9.98. The van der Waals surface area contributed by atoms with Gasteiger partial charge in [-0.1, -0.05) is 41.9 Å². The maximum atomic E-state index is 12.2. The zero-order valence-electron chi connectivity index (χ0n) is 23.4. The van der Waals surface area contributed by atoms with Gasteiger partial charge in [-0.2, -0.15) is 0 Å². The van der Waals surface area contributed by atoms with Gasteiger partial charge in [-0.15, -0.1) is 0 Å². The van der Waals surface area contributed by atoms with Crippen molar-refractivity contribution in [1.29, 1.82) is 0 Å². The van der Waals surface area contributed by atoms with E-state index in [1.54, 1.807) is 0 Å². The molecule has 1 aromatic rings. The molecule has 2 aliphatic rings. The second-order valence-corrected chi connectivity index (χ2v) is 9.93. The number of nitrogens with zero attached hydrogens (tertiary/aromatic N) is 3. The van der Waals surface area contributed by atoms with Crippen LogP contribution in [0.1, 0.15) is 50.9 Å². The van der Waals surface area contributed by atoms with Gasteiger partial charge in [0.2, 0.25) is 12.2 Å². The number of ether oxygens (including phenoxy) is 5. The number of azide groups is 1. The summed E-state index contributed by atoms with van der Waals surface area (Å²) >= 11 is 0. The lowest BCUT2D eigenvalue weighted by Gasteiger charge is -2.41. The maximum absolute atomic E-state index is 12.2. The lowest BCUT2D eigenvalue weighted by Crippen LogP contribution is -2.54. The number of carbonyl (C=O) groups is 1. The Morgan fingerprint density at radius 3 is 2.62 bits per heavy atom. The molecule has 3 rings (SSSR count). The molecule has 6 N–H and O–H groups in total. The quantitative estimate of drug-likeness (QED) is 0.0416. The first-order chi connectivity index (χ1) is 20.2. The Bertz CT molecular complexity index is 1060. The molecule has 2 heterocycles. The maximum Gasteiger partial charge on any atom is 0.226 e. The molecule has 0 spiro atoms. The van der Waals surface area contributed by atoms with Crippen molar-refractivity contribution in [2.45, 2.75) is 88.4 Å². The van der Waals surface area contributed by atoms with Gasteiger partial charge in [-0.25, -0.2) is 0 Å². The highest BCUT2D eigenvalue weighted by molar-refractivity contribution is 5.75. The second kappa shape index (κ2) is 17.3. The molecule has 1 amide bonds. The van der Waals surface area contributed by atoms with Crippen LogP contribution in [0.3, 0.4) is 0 Å². The molecule has 4 unspecified atom stereocenters. The Labute approximate surface area is 243 Å². The van der Waals surface area contributed by atoms with E-state index in [4.69, 9.17) is 29.2 Å². The van der Waals surface area contributed by atoms with Crippen LogP contribution in [0, 0.1) is 0 Å². The number of aliphatic hydroxyl groups is 5. The van der Waals surface area contributed by atoms with E-state index in [1.807, 2.05) is 30.3 Å². The SMILES string of the molecule is CC(=O)N/C(=C(\O[C@@H]1O[C@@H]([C@H](O)CO)C(O)C[C@@H]1O)C1CCOC(c2ccccc2)O1)C(O)OCCCCCN=[N+]=[N-]. The summed E-state index contributed by atoms with van der Waals surface area (Å²) in [5, 5.41) is 57.6. The largest absolute Gasteiger partial charge is 0.462 e. The molecule has 1 aromatic carbocycles. The average molecular weight is 597 g/mol. The molecule has 8 atom stereocenters. The summed E-state index contributed by atoms with van der Waals surface area (Å²) < 4.78 is 29.3. The summed E-state index contributed by atoms with van der Waals surface area (Å²) in [6.07, 6.45) is -8.53. The third-order valence-corrected chi connectivity index (χ3v) is 6.64. The fourth-order valence-electron chi connectivity index (χ4n) is 4.56. The first-order valence-electron chi connectivity index (χ1n) is 13.9. The molecule has 15 heteroatoms. The van der Waals surface area contributed by atoms with Crippen molar-refractivity contribution >= 4 is 5.91 Å². The molecule has 0 aliphatic carbocycles. The van der Waals surface area contributed by atoms with Crippen molar-refractivity contribution < 1.29 is 54.0 Å². The van der Waals surface area contributed by atoms with Gasteiger partial charge >= 0.3 is 0 Å². The number of aliphatic hydroxyl groups excluding tert-OH is 5. The summed E-state index contributed by atoms with van der Waals surface area (Å²) in [7, 11) is 0. The van der Waals surface area contributed by atoms with Gasteiger partial charge in [0, 0.05) is 36.8 Å². The predicted molar refractivity (Wildman–Crippen MR) is 145 cm³/mol. The van der Waals surface area contributed by atoms with Gasteiger partial charge in [0.05, 0.1) is 25.9 Å². The standard InChI is InChI=1S/C27H40N4O11/c1-16(33)30-22(25(37)38-12-7-3-6-11-29-31-28)24(21-10-13-39-26(40-21)17-8-4-2-5-9-17)42-27-19(35)14-18(34)23(41-27)20(36)15-32/h2,4-5,8-9,18-21,23,25-27,32,34-37H,3,6-7,10-15H2,1H3,(H,30,33)/b24-22-/t18?,19-,20+,21?,23+,25?,26?,27-/m0/s1. The minimum atomic E-state index is -1.69. The van der Waals surface area contributed by atoms with Crippen LogP contribution in [0.4, 0.5) is 0 Å². The first kappa shape index (κ1) is 33.7. The van der Waals surface area contributed by atoms with Gasteiger partial charge in [-0.05, 0) is 18.4 Å². The minimum Gasteiger partial charge on any atom is -0.462 e. The first-order valence-corrected chi connectivity index (χ1v) is 13.9. The van der Waals surface area contributed by atoms with Gasteiger partial charge in [0.1, 0.15) is 30.1 Å². The molecule has 0 radical (unpaired) electrons. The van der Waals surface area contributed by atoms with Gasteiger partial charge in [-0.3, -0.25) is 4.79 Å². The zero-order valence-corrected chi connectivity index (χ0v) is 23.4. The van der Waals surface area contributed by atoms with Crippen molar-refractivity contribution in [3.05, 3.63) is 57.8 Å². The van der Waals surface area contributed by atoms with E-state index in [0.717, 1.165) is 0 Å². The molecule has 15 nitrogen and oxygen atoms in total. The highest BCUT2D eigenvalue weighted by Crippen LogP contribution is 2.34. The monoisotopic (exact) mass is 596 g/mol. The molecule has 0 bridgehead atoms. The molecule has 2 fully saturated rings. The number of hydrogen-bond donors (Lipinski definition) is 6. The summed E-state index contributed by atoms with van der Waals surface area (Å²) in [6.45, 7) is 1.16. The topological polar surface area (TPSA) is 225 Å². The third-order valence-electron chi connectivity index (χ3n) is 6.64. The Balaban J connectivity index is 1.90. The Morgan fingerprint density at radius 1 is 1.17 bits per heavy atom. The van der Waals surface area contributed by atoms with Gasteiger partial charge in [0.15, 0.2) is 18.3 Å². The predicted octanol–water partition coefficient (Wildman–Crippen LogP) is 0.861. The van der Waals surface area contributed by atoms with Crippen molar-refractivity contribution in [1.82, 2.24) is 5.32 Å². The third kappa shape index (κ3) is 9.88. The molecule has 0 saturated carbocycles. The average Bonchev–Trinajstić information content (AvgIpc) is 2.99. The van der Waals surface area contributed by atoms with Crippen molar-refractivity contribution in [2.24, 2.45) is 5.11 Å². The lowest BCUT2D eigenvalue weighted by molar-refractivity contribution is -0.284. The van der Waals surface area contributed by atoms with Crippen molar-refractivity contribution in [3.63, 3.8) is 0 Å². The number of rotatable bonds is 15. The van der Waals surface area contributed by atoms with Crippen LogP contribution in [-0.4, -0.2) is 101 Å². The number of benzene rings is 1. The van der Waals surface area contributed by atoms with E-state index >= 15 is 0 Å². The molecular formula is C27H40N4O11. The fraction of sp³-hybridized carbons (Fsp3) is 0.667. The van der Waals surface area contributed by atoms with Crippen molar-refractivity contribution in [2.75, 3.05) is 26.4 Å². The molecular weight excluding hydrogens is 556 g/mol. The summed E-state index contributed by atoms with van der Waals surface area (Å²) in [6, 6.07) is 9.08. The molecule has 234 valence electrons. The van der Waals surface area contributed by atoms with Crippen LogP contribution in [0.25, 0.3) is 10.4 Å². The highest BCUT2D eigenvalue weighted by Gasteiger charge is 2.43. The Morgan fingerprint density at radius 2 is 1.93 bits per heavy atom. The van der Waals surface area contributed by atoms with E-state index in [1.165, 1.54) is 6.92 Å². The van der Waals surface area contributed by atoms with E-state index in [0.29, 0.717) is 31.4 Å². The summed E-state index contributed by atoms with van der Waals surface area (Å²) in [5.74, 6) is -0.660. The fourth-order valence-corrected chi connectivity index (χ4v) is 4.56. The van der Waals surface area contributed by atoms with Crippen LogP contribution in [0.2, 0.25) is 0 Å². The number of hydrogen-bond acceptors (Lipinski definition) is 12. The minimum absolute atomic E-state index is 0.0919. The number of nitrogens with one attached hydrogen (secondary N) is 1. The number of amides is 1. The number of unbranched alkanes of at least 4 members (excludes halogenated alkanes) is 2. The smallest absolute Gasteiger partial charge is 0.226 e. The summed E-state index contributed by atoms with van der Waals surface area (Å²) in [5.41, 5.74) is 8.91. The van der Waals surface area contributed by atoms with Crippen LogP contribution < -0.4 is 5.32 Å².